The average Bonchev–Trinajstić information content (AvgIpc) is 2.73. The first-order valence-corrected chi connectivity index (χ1v) is 5.20. The van der Waals surface area contributed by atoms with Crippen LogP contribution in [0, 0.1) is 0 Å². The molecule has 0 radical (unpaired) electrons. The Labute approximate surface area is 92.1 Å². The van der Waals surface area contributed by atoms with Crippen LogP contribution in [0.25, 0.3) is 0 Å². The smallest absolute Gasteiger partial charge is 0.268 e. The van der Waals surface area contributed by atoms with E-state index >= 15 is 0 Å². The number of hydrogen-bond donors (Lipinski definition) is 0. The molecule has 2 rings (SSSR count). The topological polar surface area (TPSA) is 34.9 Å². The van der Waals surface area contributed by atoms with Crippen LogP contribution < -0.4 is 5.56 Å². The lowest BCUT2D eigenvalue weighted by atomic mass is 9.92. The van der Waals surface area contributed by atoms with E-state index in [1.54, 1.807) is 6.07 Å². The van der Waals surface area contributed by atoms with Crippen LogP contribution in [0.3, 0.4) is 0 Å². The van der Waals surface area contributed by atoms with Gasteiger partial charge in [-0.1, -0.05) is 20.8 Å². The summed E-state index contributed by atoms with van der Waals surface area (Å²) in [5.41, 5.74) is -0.0652. The fraction of sp³-hybridized carbons (Fsp3) is 0.636. The molecule has 0 aliphatic heterocycles. The van der Waals surface area contributed by atoms with E-state index in [4.69, 9.17) is 0 Å². The first-order chi connectivity index (χ1) is 7.22. The summed E-state index contributed by atoms with van der Waals surface area (Å²) in [7, 11) is 0. The highest BCUT2D eigenvalue weighted by Crippen LogP contribution is 2.51. The van der Waals surface area contributed by atoms with Crippen LogP contribution in [-0.4, -0.2) is 15.7 Å². The lowest BCUT2D eigenvalue weighted by Gasteiger charge is -2.18. The van der Waals surface area contributed by atoms with Crippen LogP contribution in [0.4, 0.5) is 8.78 Å². The number of hydrogen-bond acceptors (Lipinski definition) is 2. The Morgan fingerprint density at radius 1 is 1.44 bits per heavy atom. The number of alkyl halides is 2. The zero-order valence-corrected chi connectivity index (χ0v) is 9.50. The lowest BCUT2D eigenvalue weighted by molar-refractivity contribution is 0.0969. The molecule has 0 saturated heterocycles. The van der Waals surface area contributed by atoms with Crippen LogP contribution in [0.1, 0.15) is 38.9 Å². The van der Waals surface area contributed by atoms with Crippen molar-refractivity contribution in [2.75, 3.05) is 0 Å². The molecule has 0 bridgehead atoms. The minimum absolute atomic E-state index is 0.250. The molecule has 1 atom stereocenters. The third kappa shape index (κ3) is 1.86. The molecule has 88 valence electrons. The molecule has 1 aliphatic rings. The van der Waals surface area contributed by atoms with Crippen molar-refractivity contribution in [2.24, 2.45) is 0 Å². The molecule has 0 spiro atoms. The fourth-order valence-corrected chi connectivity index (χ4v) is 1.51. The second kappa shape index (κ2) is 3.12. The Morgan fingerprint density at radius 3 is 2.44 bits per heavy atom. The summed E-state index contributed by atoms with van der Waals surface area (Å²) in [6.07, 6.45) is -0.284. The van der Waals surface area contributed by atoms with Gasteiger partial charge in [-0.15, -0.1) is 0 Å². The van der Waals surface area contributed by atoms with Crippen molar-refractivity contribution in [3.63, 3.8) is 0 Å². The molecule has 1 heterocycles. The van der Waals surface area contributed by atoms with Gasteiger partial charge in [0.15, 0.2) is 0 Å². The van der Waals surface area contributed by atoms with Crippen LogP contribution in [0.5, 0.6) is 0 Å². The van der Waals surface area contributed by atoms with E-state index in [0.29, 0.717) is 5.69 Å². The standard InChI is InChI=1S/C11H14F2N2O/c1-10(2,3)7-4-5-9(16)15(14-7)8-6-11(8,12)13/h4-5,8H,6H2,1-3H3. The summed E-state index contributed by atoms with van der Waals surface area (Å²) in [5, 5.41) is 4.03. The van der Waals surface area contributed by atoms with Gasteiger partial charge in [0.2, 0.25) is 0 Å². The van der Waals surface area contributed by atoms with Crippen LogP contribution >= 0.6 is 0 Å². The number of nitrogens with zero attached hydrogens (tertiary/aromatic N) is 2. The summed E-state index contributed by atoms with van der Waals surface area (Å²) in [4.78, 5) is 11.4. The molecule has 0 N–H and O–H groups in total. The van der Waals surface area contributed by atoms with E-state index < -0.39 is 17.5 Å². The number of rotatable bonds is 1. The first-order valence-electron chi connectivity index (χ1n) is 5.20. The van der Waals surface area contributed by atoms with Crippen LogP contribution in [0.2, 0.25) is 0 Å². The summed E-state index contributed by atoms with van der Waals surface area (Å²) in [5.74, 6) is -2.77. The van der Waals surface area contributed by atoms with Gasteiger partial charge in [-0.25, -0.2) is 13.5 Å². The number of halogens is 2. The van der Waals surface area contributed by atoms with Gasteiger partial charge in [0.05, 0.1) is 5.69 Å². The van der Waals surface area contributed by atoms with E-state index in [1.807, 2.05) is 20.8 Å². The summed E-state index contributed by atoms with van der Waals surface area (Å²) in [6.45, 7) is 5.78. The van der Waals surface area contributed by atoms with Crippen molar-refractivity contribution >= 4 is 0 Å². The zero-order chi connectivity index (χ0) is 12.1. The molecule has 5 heteroatoms. The Hall–Kier alpha value is -1.26. The summed E-state index contributed by atoms with van der Waals surface area (Å²) >= 11 is 0. The van der Waals surface area contributed by atoms with Crippen molar-refractivity contribution in [3.8, 4) is 0 Å². The largest absolute Gasteiger partial charge is 0.272 e. The monoisotopic (exact) mass is 228 g/mol. The van der Waals surface area contributed by atoms with Gasteiger partial charge in [-0.2, -0.15) is 5.10 Å². The molecule has 1 aliphatic carbocycles. The van der Waals surface area contributed by atoms with Gasteiger partial charge in [0, 0.05) is 17.9 Å². The van der Waals surface area contributed by atoms with Gasteiger partial charge < -0.3 is 0 Å². The molecule has 0 amide bonds. The Kier molecular flexibility index (Phi) is 2.19. The molecule has 1 unspecified atom stereocenters. The van der Waals surface area contributed by atoms with E-state index in [-0.39, 0.29) is 11.8 Å². The van der Waals surface area contributed by atoms with Crippen molar-refractivity contribution in [2.45, 2.75) is 44.6 Å². The van der Waals surface area contributed by atoms with E-state index in [9.17, 15) is 13.6 Å². The Balaban J connectivity index is 2.43. The van der Waals surface area contributed by atoms with Crippen LogP contribution in [0.15, 0.2) is 16.9 Å². The Bertz CT molecular complexity index is 474. The molecule has 1 aromatic rings. The van der Waals surface area contributed by atoms with Crippen molar-refractivity contribution in [3.05, 3.63) is 28.2 Å². The second-order valence-corrected chi connectivity index (χ2v) is 5.23. The highest BCUT2D eigenvalue weighted by molar-refractivity contribution is 5.12. The summed E-state index contributed by atoms with van der Waals surface area (Å²) in [6, 6.07) is 1.85. The van der Waals surface area contributed by atoms with Gasteiger partial charge in [0.25, 0.3) is 11.5 Å². The maximum Gasteiger partial charge on any atom is 0.272 e. The predicted octanol–water partition coefficient (Wildman–Crippen LogP) is 2.12. The van der Waals surface area contributed by atoms with Crippen molar-refractivity contribution < 1.29 is 8.78 Å². The average molecular weight is 228 g/mol. The van der Waals surface area contributed by atoms with Crippen molar-refractivity contribution in [1.29, 1.82) is 0 Å². The third-order valence-electron chi connectivity index (χ3n) is 2.68. The van der Waals surface area contributed by atoms with E-state index in [0.717, 1.165) is 4.68 Å². The molecular weight excluding hydrogens is 214 g/mol. The van der Waals surface area contributed by atoms with Gasteiger partial charge in [0.1, 0.15) is 6.04 Å². The zero-order valence-electron chi connectivity index (χ0n) is 9.50. The van der Waals surface area contributed by atoms with Crippen LogP contribution in [-0.2, 0) is 5.41 Å². The normalized spacial score (nSPS) is 23.2. The number of aromatic nitrogens is 2. The molecular formula is C11H14F2N2O. The van der Waals surface area contributed by atoms with Gasteiger partial charge in [-0.3, -0.25) is 4.79 Å². The lowest BCUT2D eigenvalue weighted by Crippen LogP contribution is -2.27. The summed E-state index contributed by atoms with van der Waals surface area (Å²) < 4.78 is 26.7. The quantitative estimate of drug-likeness (QED) is 0.738. The molecule has 1 aromatic heterocycles. The van der Waals surface area contributed by atoms with E-state index in [2.05, 4.69) is 5.10 Å². The molecule has 1 saturated carbocycles. The van der Waals surface area contributed by atoms with Crippen molar-refractivity contribution in [1.82, 2.24) is 9.78 Å². The predicted molar refractivity (Wildman–Crippen MR) is 55.8 cm³/mol. The minimum atomic E-state index is -2.77. The SMILES string of the molecule is CC(C)(C)c1ccc(=O)n(C2CC2(F)F)n1. The molecule has 3 nitrogen and oxygen atoms in total. The van der Waals surface area contributed by atoms with Gasteiger partial charge >= 0.3 is 0 Å². The highest BCUT2D eigenvalue weighted by atomic mass is 19.3. The second-order valence-electron chi connectivity index (χ2n) is 5.23. The molecule has 16 heavy (non-hydrogen) atoms. The highest BCUT2D eigenvalue weighted by Gasteiger charge is 2.59. The fourth-order valence-electron chi connectivity index (χ4n) is 1.51. The molecule has 0 aromatic carbocycles. The maximum absolute atomic E-state index is 12.9. The maximum atomic E-state index is 12.9. The first kappa shape index (κ1) is 11.2. The van der Waals surface area contributed by atoms with Gasteiger partial charge in [-0.05, 0) is 6.07 Å². The Morgan fingerprint density at radius 2 is 2.00 bits per heavy atom. The van der Waals surface area contributed by atoms with E-state index in [1.165, 1.54) is 6.07 Å². The minimum Gasteiger partial charge on any atom is -0.268 e. The third-order valence-corrected chi connectivity index (χ3v) is 2.68. The molecule has 1 fully saturated rings.